The van der Waals surface area contributed by atoms with Crippen LogP contribution >= 0.6 is 0 Å². The van der Waals surface area contributed by atoms with Gasteiger partial charge in [-0.1, -0.05) is 24.3 Å². The zero-order chi connectivity index (χ0) is 27.2. The van der Waals surface area contributed by atoms with Crippen LogP contribution in [0.3, 0.4) is 0 Å². The van der Waals surface area contributed by atoms with Crippen LogP contribution in [0.5, 0.6) is 0 Å². The summed E-state index contributed by atoms with van der Waals surface area (Å²) in [7, 11) is -3.27. The molecule has 0 aliphatic carbocycles. The van der Waals surface area contributed by atoms with Crippen LogP contribution < -0.4 is 10.5 Å². The summed E-state index contributed by atoms with van der Waals surface area (Å²) < 4.78 is 27.7. The molecule has 8 heteroatoms. The monoisotopic (exact) mass is 526 g/mol. The van der Waals surface area contributed by atoms with Gasteiger partial charge in [0.15, 0.2) is 0 Å². The Hall–Kier alpha value is -3.93. The van der Waals surface area contributed by atoms with E-state index in [9.17, 15) is 13.2 Å². The summed E-state index contributed by atoms with van der Waals surface area (Å²) in [6, 6.07) is 22.9. The number of hydrogen-bond donors (Lipinski definition) is 0. The molecule has 2 heterocycles. The number of nitrogens with zero attached hydrogens (tertiary/aromatic N) is 4. The normalized spacial score (nSPS) is 18.4. The first kappa shape index (κ1) is 25.7. The molecular weight excluding hydrogens is 496 g/mol. The van der Waals surface area contributed by atoms with Gasteiger partial charge in [-0.3, -0.25) is 9.36 Å². The van der Waals surface area contributed by atoms with Crippen molar-refractivity contribution in [2.24, 2.45) is 0 Å². The molecular formula is C30H30N4O3S. The van der Waals surface area contributed by atoms with E-state index in [1.165, 1.54) is 6.26 Å². The zero-order valence-corrected chi connectivity index (χ0v) is 22.7. The molecule has 38 heavy (non-hydrogen) atoms. The molecule has 1 aromatic heterocycles. The molecule has 3 aromatic carbocycles. The van der Waals surface area contributed by atoms with Crippen molar-refractivity contribution in [3.63, 3.8) is 0 Å². The minimum Gasteiger partial charge on any atom is -0.368 e. The molecule has 0 N–H and O–H groups in total. The van der Waals surface area contributed by atoms with Crippen molar-refractivity contribution < 1.29 is 8.42 Å². The van der Waals surface area contributed by atoms with Gasteiger partial charge < -0.3 is 4.90 Å². The molecule has 4 aromatic rings. The third-order valence-corrected chi connectivity index (χ3v) is 8.76. The maximum Gasteiger partial charge on any atom is 0.262 e. The summed E-state index contributed by atoms with van der Waals surface area (Å²) in [5.41, 5.74) is 5.15. The number of rotatable bonds is 4. The molecule has 0 saturated carbocycles. The molecule has 0 spiro atoms. The molecule has 194 valence electrons. The van der Waals surface area contributed by atoms with Crippen LogP contribution in [0, 0.1) is 18.3 Å². The van der Waals surface area contributed by atoms with Crippen LogP contribution in [-0.4, -0.2) is 48.7 Å². The van der Waals surface area contributed by atoms with Crippen molar-refractivity contribution in [1.82, 2.24) is 8.87 Å². The number of anilines is 1. The maximum atomic E-state index is 13.6. The number of fused-ring (bicyclic) bond motifs is 1. The van der Waals surface area contributed by atoms with Gasteiger partial charge >= 0.3 is 0 Å². The number of hydrogen-bond acceptors (Lipinski definition) is 5. The number of pyridine rings is 1. The number of piperazine rings is 1. The van der Waals surface area contributed by atoms with Gasteiger partial charge in [0, 0.05) is 48.1 Å². The Morgan fingerprint density at radius 1 is 0.895 bits per heavy atom. The van der Waals surface area contributed by atoms with E-state index >= 15 is 0 Å². The van der Waals surface area contributed by atoms with E-state index in [1.54, 1.807) is 21.0 Å². The average Bonchev–Trinajstić information content (AvgIpc) is 2.89. The summed E-state index contributed by atoms with van der Waals surface area (Å²) in [6.45, 7) is 7.07. The van der Waals surface area contributed by atoms with Crippen molar-refractivity contribution in [2.75, 3.05) is 24.2 Å². The Balaban J connectivity index is 1.49. The Labute approximate surface area is 223 Å². The number of sulfonamides is 1. The van der Waals surface area contributed by atoms with E-state index in [-0.39, 0.29) is 17.6 Å². The molecule has 0 radical (unpaired) electrons. The van der Waals surface area contributed by atoms with E-state index < -0.39 is 10.0 Å². The van der Waals surface area contributed by atoms with Crippen molar-refractivity contribution in [2.45, 2.75) is 32.9 Å². The molecule has 1 saturated heterocycles. The molecule has 1 fully saturated rings. The molecule has 7 nitrogen and oxygen atoms in total. The standard InChI is InChI=1S/C30H30N4O3S/c1-20-17-33(30(35)28-7-5-6-27(29(20)28)24-10-8-23(16-31)9-11-24)26-14-12-25(13-15-26)32-18-21(2)34(22(3)19-32)38(4,36)37/h5-15,17,21-22H,18-19H2,1-4H3. The highest BCUT2D eigenvalue weighted by atomic mass is 32.2. The van der Waals surface area contributed by atoms with E-state index in [0.717, 1.165) is 33.5 Å². The number of aryl methyl sites for hydroxylation is 1. The highest BCUT2D eigenvalue weighted by Crippen LogP contribution is 2.31. The van der Waals surface area contributed by atoms with Crippen molar-refractivity contribution in [3.8, 4) is 22.9 Å². The smallest absolute Gasteiger partial charge is 0.262 e. The number of aromatic nitrogens is 1. The third kappa shape index (κ3) is 4.60. The fourth-order valence-corrected chi connectivity index (χ4v) is 7.20. The Kier molecular flexibility index (Phi) is 6.59. The maximum absolute atomic E-state index is 13.6. The fourth-order valence-electron chi connectivity index (χ4n) is 5.76. The SMILES string of the molecule is Cc1cn(-c2ccc(N3CC(C)N(S(C)(=O)=O)C(C)C3)cc2)c(=O)c2cccc(-c3ccc(C#N)cc3)c12. The van der Waals surface area contributed by atoms with Gasteiger partial charge in [-0.25, -0.2) is 8.42 Å². The molecule has 1 aliphatic rings. The predicted molar refractivity (Wildman–Crippen MR) is 152 cm³/mol. The van der Waals surface area contributed by atoms with Crippen molar-refractivity contribution >= 4 is 26.5 Å². The van der Waals surface area contributed by atoms with Crippen LogP contribution in [-0.2, 0) is 10.0 Å². The molecule has 1 aliphatic heterocycles. The van der Waals surface area contributed by atoms with Crippen molar-refractivity contribution in [1.29, 1.82) is 5.26 Å². The molecule has 0 bridgehead atoms. The Morgan fingerprint density at radius 3 is 2.08 bits per heavy atom. The first-order chi connectivity index (χ1) is 18.1. The van der Waals surface area contributed by atoms with Gasteiger partial charge in [-0.15, -0.1) is 0 Å². The first-order valence-electron chi connectivity index (χ1n) is 12.6. The molecule has 2 unspecified atom stereocenters. The highest BCUT2D eigenvalue weighted by Gasteiger charge is 2.35. The Morgan fingerprint density at radius 2 is 1.50 bits per heavy atom. The van der Waals surface area contributed by atoms with Gasteiger partial charge in [-0.2, -0.15) is 9.57 Å². The summed E-state index contributed by atoms with van der Waals surface area (Å²) in [5, 5.41) is 10.7. The van der Waals surface area contributed by atoms with E-state index in [2.05, 4.69) is 11.0 Å². The number of benzene rings is 3. The predicted octanol–water partition coefficient (Wildman–Crippen LogP) is 4.70. The van der Waals surface area contributed by atoms with Gasteiger partial charge in [0.05, 0.1) is 17.9 Å². The summed E-state index contributed by atoms with van der Waals surface area (Å²) in [6.07, 6.45) is 3.14. The third-order valence-electron chi connectivity index (χ3n) is 7.27. The molecule has 5 rings (SSSR count). The van der Waals surface area contributed by atoms with Crippen LogP contribution in [0.1, 0.15) is 25.0 Å². The fraction of sp³-hybridized carbons (Fsp3) is 0.267. The quantitative estimate of drug-likeness (QED) is 0.385. The lowest BCUT2D eigenvalue weighted by Crippen LogP contribution is -2.58. The highest BCUT2D eigenvalue weighted by molar-refractivity contribution is 7.88. The number of nitriles is 1. The molecule has 0 amide bonds. The van der Waals surface area contributed by atoms with Crippen LogP contribution in [0.15, 0.2) is 77.7 Å². The second-order valence-corrected chi connectivity index (χ2v) is 12.0. The second kappa shape index (κ2) is 9.75. The van der Waals surface area contributed by atoms with Gasteiger partial charge in [0.2, 0.25) is 10.0 Å². The lowest BCUT2D eigenvalue weighted by atomic mass is 9.96. The Bertz CT molecular complexity index is 1710. The van der Waals surface area contributed by atoms with E-state index in [0.29, 0.717) is 24.0 Å². The van der Waals surface area contributed by atoms with Crippen LogP contribution in [0.4, 0.5) is 5.69 Å². The second-order valence-electron chi connectivity index (χ2n) is 10.1. The minimum absolute atomic E-state index is 0.0992. The van der Waals surface area contributed by atoms with Gasteiger partial charge in [0.1, 0.15) is 0 Å². The zero-order valence-electron chi connectivity index (χ0n) is 21.9. The van der Waals surface area contributed by atoms with Crippen LogP contribution in [0.2, 0.25) is 0 Å². The largest absolute Gasteiger partial charge is 0.368 e. The summed E-state index contributed by atoms with van der Waals surface area (Å²) in [4.78, 5) is 15.8. The first-order valence-corrected chi connectivity index (χ1v) is 14.4. The van der Waals surface area contributed by atoms with Crippen molar-refractivity contribution in [3.05, 3.63) is 94.4 Å². The summed E-state index contributed by atoms with van der Waals surface area (Å²) >= 11 is 0. The van der Waals surface area contributed by atoms with E-state index in [4.69, 9.17) is 5.26 Å². The van der Waals surface area contributed by atoms with E-state index in [1.807, 2.05) is 81.6 Å². The lowest BCUT2D eigenvalue weighted by molar-refractivity contribution is 0.243. The summed E-state index contributed by atoms with van der Waals surface area (Å²) in [5.74, 6) is 0. The minimum atomic E-state index is -3.27. The van der Waals surface area contributed by atoms with Gasteiger partial charge in [-0.05, 0) is 85.3 Å². The average molecular weight is 527 g/mol. The van der Waals surface area contributed by atoms with Gasteiger partial charge in [0.25, 0.3) is 5.56 Å². The lowest BCUT2D eigenvalue weighted by Gasteiger charge is -2.43. The van der Waals surface area contributed by atoms with Crippen LogP contribution in [0.25, 0.3) is 27.6 Å². The molecule has 2 atom stereocenters. The topological polar surface area (TPSA) is 86.4 Å².